The predicted molar refractivity (Wildman–Crippen MR) is 118 cm³/mol. The Kier molecular flexibility index (Phi) is 4.85. The minimum Gasteiger partial charge on any atom is -0.454 e. The van der Waals surface area contributed by atoms with Crippen molar-refractivity contribution in [2.24, 2.45) is 10.9 Å². The van der Waals surface area contributed by atoms with E-state index >= 15 is 0 Å². The Balaban J connectivity index is 1.59. The molecule has 0 fully saturated rings. The van der Waals surface area contributed by atoms with E-state index in [0.29, 0.717) is 23.5 Å². The highest BCUT2D eigenvalue weighted by molar-refractivity contribution is 6.13. The van der Waals surface area contributed by atoms with E-state index in [1.165, 1.54) is 0 Å². The fraction of sp³-hybridized carbons (Fsp3) is 0.320. The molecule has 1 unspecified atom stereocenters. The van der Waals surface area contributed by atoms with Crippen LogP contribution < -0.4 is 14.8 Å². The Labute approximate surface area is 181 Å². The zero-order chi connectivity index (χ0) is 21.5. The molecule has 0 saturated heterocycles. The number of anilines is 1. The number of carbonyl (C=O) groups is 2. The molecule has 5 rings (SSSR count). The number of hydrogen-bond donors (Lipinski definition) is 1. The number of Topliss-reactive ketones (excluding diaryl/α,β-unsaturated/α-hetero) is 1. The molecule has 1 aliphatic carbocycles. The SMILES string of the molecule is CC1=NC2=C(C(=O)CCC2)[C@@H](c2ccc3c(c2)OCO3)C1C(=O)Nc1ccccc1C. The lowest BCUT2D eigenvalue weighted by atomic mass is 9.71. The third kappa shape index (κ3) is 3.42. The van der Waals surface area contributed by atoms with Crippen molar-refractivity contribution < 1.29 is 19.1 Å². The molecular formula is C25H24N2O4. The van der Waals surface area contributed by atoms with Crippen molar-refractivity contribution in [1.29, 1.82) is 0 Å². The summed E-state index contributed by atoms with van der Waals surface area (Å²) in [6, 6.07) is 13.3. The van der Waals surface area contributed by atoms with Crippen LogP contribution >= 0.6 is 0 Å². The van der Waals surface area contributed by atoms with E-state index < -0.39 is 11.8 Å². The first kappa shape index (κ1) is 19.5. The van der Waals surface area contributed by atoms with E-state index in [4.69, 9.17) is 14.5 Å². The molecule has 2 heterocycles. The van der Waals surface area contributed by atoms with Gasteiger partial charge >= 0.3 is 0 Å². The van der Waals surface area contributed by atoms with Crippen LogP contribution in [0.5, 0.6) is 11.5 Å². The Morgan fingerprint density at radius 2 is 1.87 bits per heavy atom. The normalized spacial score (nSPS) is 22.1. The average molecular weight is 416 g/mol. The van der Waals surface area contributed by atoms with Crippen LogP contribution in [-0.4, -0.2) is 24.2 Å². The third-order valence-electron chi connectivity index (χ3n) is 6.28. The molecule has 2 atom stereocenters. The Morgan fingerprint density at radius 1 is 1.06 bits per heavy atom. The maximum atomic E-state index is 13.5. The fourth-order valence-electron chi connectivity index (χ4n) is 4.74. The van der Waals surface area contributed by atoms with E-state index in [2.05, 4.69) is 5.32 Å². The summed E-state index contributed by atoms with van der Waals surface area (Å²) in [6.45, 7) is 4.01. The predicted octanol–water partition coefficient (Wildman–Crippen LogP) is 4.54. The second-order valence-electron chi connectivity index (χ2n) is 8.26. The summed E-state index contributed by atoms with van der Waals surface area (Å²) in [6.07, 6.45) is 2.04. The van der Waals surface area contributed by atoms with Crippen molar-refractivity contribution in [3.8, 4) is 11.5 Å². The largest absolute Gasteiger partial charge is 0.454 e. The molecule has 3 aliphatic rings. The first-order valence-electron chi connectivity index (χ1n) is 10.6. The highest BCUT2D eigenvalue weighted by Crippen LogP contribution is 2.46. The van der Waals surface area contributed by atoms with Crippen LogP contribution in [0.2, 0.25) is 0 Å². The van der Waals surface area contributed by atoms with E-state index in [-0.39, 0.29) is 18.5 Å². The van der Waals surface area contributed by atoms with Gasteiger partial charge < -0.3 is 14.8 Å². The zero-order valence-corrected chi connectivity index (χ0v) is 17.6. The van der Waals surface area contributed by atoms with Gasteiger partial charge in [-0.1, -0.05) is 24.3 Å². The number of aryl methyl sites for hydroxylation is 1. The van der Waals surface area contributed by atoms with Crippen molar-refractivity contribution in [2.45, 2.75) is 39.0 Å². The van der Waals surface area contributed by atoms with Gasteiger partial charge in [0.1, 0.15) is 0 Å². The van der Waals surface area contributed by atoms with Gasteiger partial charge in [-0.3, -0.25) is 14.6 Å². The summed E-state index contributed by atoms with van der Waals surface area (Å²) in [4.78, 5) is 31.3. The number of amides is 1. The second-order valence-corrected chi connectivity index (χ2v) is 8.26. The molecule has 6 heteroatoms. The number of benzene rings is 2. The van der Waals surface area contributed by atoms with Gasteiger partial charge in [-0.2, -0.15) is 0 Å². The Hall–Kier alpha value is -3.41. The topological polar surface area (TPSA) is 77.0 Å². The molecular weight excluding hydrogens is 392 g/mol. The van der Waals surface area contributed by atoms with E-state index in [0.717, 1.165) is 41.1 Å². The second kappa shape index (κ2) is 7.69. The van der Waals surface area contributed by atoms with Crippen LogP contribution in [0.1, 0.15) is 43.2 Å². The summed E-state index contributed by atoms with van der Waals surface area (Å²) in [5.74, 6) is 0.243. The standard InChI is InChI=1S/C25H24N2O4/c1-14-6-3-4-7-17(14)27-25(29)22-15(2)26-18-8-5-9-19(28)24(18)23(22)16-10-11-20-21(12-16)31-13-30-20/h3-4,6-7,10-12,22-23H,5,8-9,13H2,1-2H3,(H,27,29)/t22?,23-/m0/s1. The number of nitrogens with one attached hydrogen (secondary N) is 1. The number of carbonyl (C=O) groups excluding carboxylic acids is 2. The maximum Gasteiger partial charge on any atom is 0.234 e. The number of aliphatic imine (C=N–C) groups is 1. The highest BCUT2D eigenvalue weighted by atomic mass is 16.7. The molecule has 2 aromatic carbocycles. The monoisotopic (exact) mass is 416 g/mol. The molecule has 1 amide bonds. The summed E-state index contributed by atoms with van der Waals surface area (Å²) in [7, 11) is 0. The molecule has 31 heavy (non-hydrogen) atoms. The minimum absolute atomic E-state index is 0.0776. The van der Waals surface area contributed by atoms with Gasteiger partial charge in [-0.05, 0) is 56.0 Å². The van der Waals surface area contributed by atoms with Crippen molar-refractivity contribution >= 4 is 23.1 Å². The lowest BCUT2D eigenvalue weighted by molar-refractivity contribution is -0.119. The summed E-state index contributed by atoms with van der Waals surface area (Å²) >= 11 is 0. The minimum atomic E-state index is -0.583. The Bertz CT molecular complexity index is 1150. The van der Waals surface area contributed by atoms with Gasteiger partial charge in [0, 0.05) is 35.0 Å². The molecule has 6 nitrogen and oxygen atoms in total. The van der Waals surface area contributed by atoms with Gasteiger partial charge in [-0.15, -0.1) is 0 Å². The van der Waals surface area contributed by atoms with Crippen molar-refractivity contribution in [2.75, 3.05) is 12.1 Å². The number of nitrogens with zero attached hydrogens (tertiary/aromatic N) is 1. The smallest absolute Gasteiger partial charge is 0.234 e. The van der Waals surface area contributed by atoms with Gasteiger partial charge in [0.2, 0.25) is 12.7 Å². The molecule has 2 aliphatic heterocycles. The number of rotatable bonds is 3. The van der Waals surface area contributed by atoms with Crippen LogP contribution in [0.4, 0.5) is 5.69 Å². The maximum absolute atomic E-state index is 13.5. The number of allylic oxidation sites excluding steroid dienone is 2. The van der Waals surface area contributed by atoms with Crippen LogP contribution in [0, 0.1) is 12.8 Å². The van der Waals surface area contributed by atoms with Crippen LogP contribution in [0.15, 0.2) is 58.7 Å². The first-order chi connectivity index (χ1) is 15.0. The van der Waals surface area contributed by atoms with Gasteiger partial charge in [0.15, 0.2) is 17.3 Å². The van der Waals surface area contributed by atoms with Crippen molar-refractivity contribution in [3.63, 3.8) is 0 Å². The quantitative estimate of drug-likeness (QED) is 0.797. The lowest BCUT2D eigenvalue weighted by Crippen LogP contribution is -2.39. The van der Waals surface area contributed by atoms with Crippen molar-refractivity contribution in [3.05, 3.63) is 64.9 Å². The van der Waals surface area contributed by atoms with Crippen LogP contribution in [0.25, 0.3) is 0 Å². The number of ketones is 1. The van der Waals surface area contributed by atoms with Gasteiger partial charge in [0.25, 0.3) is 0 Å². The Morgan fingerprint density at radius 3 is 2.71 bits per heavy atom. The summed E-state index contributed by atoms with van der Waals surface area (Å²) < 4.78 is 11.0. The molecule has 0 spiro atoms. The van der Waals surface area contributed by atoms with Crippen molar-refractivity contribution in [1.82, 2.24) is 0 Å². The molecule has 158 valence electrons. The summed E-state index contributed by atoms with van der Waals surface area (Å²) in [5.41, 5.74) is 4.82. The van der Waals surface area contributed by atoms with Crippen LogP contribution in [0.3, 0.4) is 0 Å². The van der Waals surface area contributed by atoms with Crippen LogP contribution in [-0.2, 0) is 9.59 Å². The number of ether oxygens (including phenoxy) is 2. The zero-order valence-electron chi connectivity index (χ0n) is 17.6. The number of fused-ring (bicyclic) bond motifs is 1. The van der Waals surface area contributed by atoms with E-state index in [9.17, 15) is 9.59 Å². The van der Waals surface area contributed by atoms with E-state index in [1.54, 1.807) is 0 Å². The molecule has 0 aromatic heterocycles. The highest BCUT2D eigenvalue weighted by Gasteiger charge is 2.42. The molecule has 1 N–H and O–H groups in total. The average Bonchev–Trinajstić information content (AvgIpc) is 3.22. The van der Waals surface area contributed by atoms with Gasteiger partial charge in [0.05, 0.1) is 5.92 Å². The number of hydrogen-bond acceptors (Lipinski definition) is 5. The molecule has 0 bridgehead atoms. The third-order valence-corrected chi connectivity index (χ3v) is 6.28. The number of para-hydroxylation sites is 1. The summed E-state index contributed by atoms with van der Waals surface area (Å²) in [5, 5.41) is 3.06. The molecule has 0 radical (unpaired) electrons. The van der Waals surface area contributed by atoms with E-state index in [1.807, 2.05) is 56.3 Å². The fourth-order valence-corrected chi connectivity index (χ4v) is 4.74. The first-order valence-corrected chi connectivity index (χ1v) is 10.6. The lowest BCUT2D eigenvalue weighted by Gasteiger charge is -2.35. The van der Waals surface area contributed by atoms with Gasteiger partial charge in [-0.25, -0.2) is 0 Å². The molecule has 2 aromatic rings. The molecule has 0 saturated carbocycles.